The van der Waals surface area contributed by atoms with Gasteiger partial charge in [0.2, 0.25) is 0 Å². The van der Waals surface area contributed by atoms with Gasteiger partial charge in [0.25, 0.3) is 5.91 Å². The van der Waals surface area contributed by atoms with Gasteiger partial charge in [-0.25, -0.2) is 9.78 Å². The number of rotatable bonds is 2. The van der Waals surface area contributed by atoms with E-state index in [0.717, 1.165) is 17.8 Å². The third-order valence-electron chi connectivity index (χ3n) is 5.14. The van der Waals surface area contributed by atoms with Crippen molar-refractivity contribution in [3.8, 4) is 0 Å². The fraction of sp³-hybridized carbons (Fsp3) is 0.737. The van der Waals surface area contributed by atoms with E-state index in [-0.39, 0.29) is 17.4 Å². The first kappa shape index (κ1) is 19.1. The molecule has 2 heterocycles. The topological polar surface area (TPSA) is 65.5 Å². The number of nitrogens with zero attached hydrogens (tertiary/aromatic N) is 3. The van der Waals surface area contributed by atoms with Gasteiger partial charge in [0.1, 0.15) is 4.88 Å². The zero-order valence-corrected chi connectivity index (χ0v) is 16.9. The minimum Gasteiger partial charge on any atom is -0.335 e. The first-order valence-corrected chi connectivity index (χ1v) is 10.5. The quantitative estimate of drug-likeness (QED) is 0.859. The zero-order valence-electron chi connectivity index (χ0n) is 16.1. The molecule has 6 nitrogen and oxygen atoms in total. The largest absolute Gasteiger partial charge is 0.335 e. The summed E-state index contributed by atoms with van der Waals surface area (Å²) < 4.78 is 0. The molecule has 0 aromatic carbocycles. The van der Waals surface area contributed by atoms with Crippen molar-refractivity contribution in [1.29, 1.82) is 0 Å². The fourth-order valence-electron chi connectivity index (χ4n) is 3.50. The second-order valence-electron chi connectivity index (χ2n) is 8.34. The molecule has 1 saturated carbocycles. The highest BCUT2D eigenvalue weighted by atomic mass is 32.1. The number of carbonyl (C=O) groups excluding carboxylic acids is 2. The lowest BCUT2D eigenvalue weighted by Crippen LogP contribution is -2.54. The summed E-state index contributed by atoms with van der Waals surface area (Å²) in [6.45, 7) is 8.65. The summed E-state index contributed by atoms with van der Waals surface area (Å²) in [5.74, 6) is 0.0327. The lowest BCUT2D eigenvalue weighted by Gasteiger charge is -2.35. The van der Waals surface area contributed by atoms with Crippen LogP contribution in [-0.2, 0) is 5.41 Å². The van der Waals surface area contributed by atoms with Crippen LogP contribution in [0.2, 0.25) is 0 Å². The highest BCUT2D eigenvalue weighted by Crippen LogP contribution is 2.27. The predicted molar refractivity (Wildman–Crippen MR) is 104 cm³/mol. The highest BCUT2D eigenvalue weighted by molar-refractivity contribution is 7.13. The minimum atomic E-state index is -0.0426. The van der Waals surface area contributed by atoms with Crippen LogP contribution < -0.4 is 5.32 Å². The highest BCUT2D eigenvalue weighted by Gasteiger charge is 2.28. The van der Waals surface area contributed by atoms with Crippen LogP contribution in [0, 0.1) is 0 Å². The van der Waals surface area contributed by atoms with E-state index in [1.165, 1.54) is 30.6 Å². The van der Waals surface area contributed by atoms with Gasteiger partial charge in [0.15, 0.2) is 0 Å². The molecule has 3 amide bonds. The van der Waals surface area contributed by atoms with Crippen molar-refractivity contribution in [1.82, 2.24) is 20.1 Å². The van der Waals surface area contributed by atoms with E-state index in [1.54, 1.807) is 6.20 Å². The third-order valence-corrected chi connectivity index (χ3v) is 6.56. The predicted octanol–water partition coefficient (Wildman–Crippen LogP) is 3.24. The first-order valence-electron chi connectivity index (χ1n) is 9.65. The zero-order chi connectivity index (χ0) is 18.7. The van der Waals surface area contributed by atoms with Crippen LogP contribution >= 0.6 is 11.3 Å². The fourth-order valence-corrected chi connectivity index (χ4v) is 4.44. The number of thiazole rings is 1. The van der Waals surface area contributed by atoms with Crippen molar-refractivity contribution in [3.05, 3.63) is 16.1 Å². The molecule has 7 heteroatoms. The maximum Gasteiger partial charge on any atom is 0.317 e. The van der Waals surface area contributed by atoms with E-state index in [2.05, 4.69) is 31.1 Å². The van der Waals surface area contributed by atoms with Gasteiger partial charge in [-0.3, -0.25) is 4.79 Å². The monoisotopic (exact) mass is 378 g/mol. The van der Waals surface area contributed by atoms with Crippen LogP contribution in [0.3, 0.4) is 0 Å². The molecule has 1 saturated heterocycles. The lowest BCUT2D eigenvalue weighted by molar-refractivity contribution is 0.0667. The van der Waals surface area contributed by atoms with Crippen molar-refractivity contribution in [3.63, 3.8) is 0 Å². The summed E-state index contributed by atoms with van der Waals surface area (Å²) in [7, 11) is 0. The van der Waals surface area contributed by atoms with Gasteiger partial charge in [0, 0.05) is 37.6 Å². The number of hydrogen-bond acceptors (Lipinski definition) is 4. The molecule has 144 valence electrons. The second-order valence-corrected chi connectivity index (χ2v) is 9.37. The molecular weight excluding hydrogens is 348 g/mol. The van der Waals surface area contributed by atoms with Gasteiger partial charge < -0.3 is 15.1 Å². The minimum absolute atomic E-state index is 0.0248. The molecule has 0 atom stereocenters. The third kappa shape index (κ3) is 4.55. The van der Waals surface area contributed by atoms with Gasteiger partial charge in [-0.05, 0) is 12.8 Å². The summed E-state index contributed by atoms with van der Waals surface area (Å²) in [6.07, 6.45) is 7.56. The van der Waals surface area contributed by atoms with Gasteiger partial charge in [-0.1, -0.05) is 40.0 Å². The van der Waals surface area contributed by atoms with Crippen molar-refractivity contribution in [2.24, 2.45) is 0 Å². The molecule has 1 aromatic heterocycles. The van der Waals surface area contributed by atoms with Crippen LogP contribution in [-0.4, -0.2) is 58.9 Å². The maximum atomic E-state index is 12.7. The van der Waals surface area contributed by atoms with E-state index in [9.17, 15) is 9.59 Å². The van der Waals surface area contributed by atoms with E-state index in [0.29, 0.717) is 37.1 Å². The normalized spacial score (nSPS) is 19.5. The Morgan fingerprint density at radius 2 is 1.69 bits per heavy atom. The van der Waals surface area contributed by atoms with Crippen LogP contribution in [0.25, 0.3) is 0 Å². The molecule has 1 aromatic rings. The summed E-state index contributed by atoms with van der Waals surface area (Å²) in [4.78, 5) is 33.9. The van der Waals surface area contributed by atoms with Crippen LogP contribution in [0.5, 0.6) is 0 Å². The molecule has 1 aliphatic heterocycles. The number of hydrogen-bond donors (Lipinski definition) is 1. The molecule has 2 fully saturated rings. The van der Waals surface area contributed by atoms with Gasteiger partial charge >= 0.3 is 6.03 Å². The Bertz CT molecular complexity index is 638. The number of piperazine rings is 1. The maximum absolute atomic E-state index is 12.7. The average molecular weight is 379 g/mol. The van der Waals surface area contributed by atoms with E-state index < -0.39 is 0 Å². The standard InChI is InChI=1S/C19H30N4O2S/c1-19(2,3)17-20-13-15(26-17)16(24)22-9-11-23(12-10-22)18(25)21-14-7-5-4-6-8-14/h13-14H,4-12H2,1-3H3,(H,21,25). The van der Waals surface area contributed by atoms with Crippen LogP contribution in [0.4, 0.5) is 4.79 Å². The summed E-state index contributed by atoms with van der Waals surface area (Å²) >= 11 is 1.48. The number of aromatic nitrogens is 1. The van der Waals surface area contributed by atoms with E-state index in [4.69, 9.17) is 0 Å². The Kier molecular flexibility index (Phi) is 5.85. The summed E-state index contributed by atoms with van der Waals surface area (Å²) in [6, 6.07) is 0.348. The SMILES string of the molecule is CC(C)(C)c1ncc(C(=O)N2CCN(C(=O)NC3CCCCC3)CC2)s1. The van der Waals surface area contributed by atoms with Gasteiger partial charge in [0.05, 0.1) is 11.2 Å². The molecule has 0 unspecified atom stereocenters. The Morgan fingerprint density at radius 3 is 2.27 bits per heavy atom. The molecule has 0 radical (unpaired) electrons. The average Bonchev–Trinajstić information content (AvgIpc) is 3.12. The molecule has 1 N–H and O–H groups in total. The van der Waals surface area contributed by atoms with Crippen LogP contribution in [0.15, 0.2) is 6.20 Å². The number of urea groups is 1. The molecule has 0 bridgehead atoms. The summed E-state index contributed by atoms with van der Waals surface area (Å²) in [5.41, 5.74) is -0.0426. The molecule has 2 aliphatic rings. The number of nitrogens with one attached hydrogen (secondary N) is 1. The molecule has 3 rings (SSSR count). The molecule has 0 spiro atoms. The van der Waals surface area contributed by atoms with Crippen molar-refractivity contribution < 1.29 is 9.59 Å². The van der Waals surface area contributed by atoms with Crippen molar-refractivity contribution in [2.75, 3.05) is 26.2 Å². The Morgan fingerprint density at radius 1 is 1.08 bits per heavy atom. The lowest BCUT2D eigenvalue weighted by atomic mass is 9.96. The first-order chi connectivity index (χ1) is 12.3. The molecule has 26 heavy (non-hydrogen) atoms. The van der Waals surface area contributed by atoms with E-state index in [1.807, 2.05) is 9.80 Å². The summed E-state index contributed by atoms with van der Waals surface area (Å²) in [5, 5.41) is 4.14. The Balaban J connectivity index is 1.50. The van der Waals surface area contributed by atoms with Crippen LogP contribution in [0.1, 0.15) is 67.6 Å². The van der Waals surface area contributed by atoms with Gasteiger partial charge in [-0.2, -0.15) is 0 Å². The van der Waals surface area contributed by atoms with Crippen molar-refractivity contribution in [2.45, 2.75) is 64.3 Å². The number of carbonyl (C=O) groups is 2. The van der Waals surface area contributed by atoms with Crippen molar-refractivity contribution >= 4 is 23.3 Å². The molecular formula is C19H30N4O2S. The van der Waals surface area contributed by atoms with Gasteiger partial charge in [-0.15, -0.1) is 11.3 Å². The smallest absolute Gasteiger partial charge is 0.317 e. The number of amides is 3. The Hall–Kier alpha value is -1.63. The Labute approximate surface area is 160 Å². The second kappa shape index (κ2) is 7.94. The molecule has 1 aliphatic carbocycles. The van der Waals surface area contributed by atoms with E-state index >= 15 is 0 Å².